The van der Waals surface area contributed by atoms with E-state index in [1.54, 1.807) is 39.5 Å². The molecule has 0 bridgehead atoms. The number of rotatable bonds is 7. The SMILES string of the molecule is CCc1cc(CNC(=O)c2cc(OC)cc(OC)c2)ccc1OC. The Hall–Kier alpha value is -2.69. The molecule has 0 radical (unpaired) electrons. The largest absolute Gasteiger partial charge is 0.497 e. The summed E-state index contributed by atoms with van der Waals surface area (Å²) >= 11 is 0. The van der Waals surface area contributed by atoms with Crippen LogP contribution in [0.3, 0.4) is 0 Å². The molecule has 5 nitrogen and oxygen atoms in total. The van der Waals surface area contributed by atoms with E-state index in [2.05, 4.69) is 12.2 Å². The summed E-state index contributed by atoms with van der Waals surface area (Å²) in [7, 11) is 4.77. The summed E-state index contributed by atoms with van der Waals surface area (Å²) < 4.78 is 15.7. The monoisotopic (exact) mass is 329 g/mol. The standard InChI is InChI=1S/C19H23NO4/c1-5-14-8-13(6-7-18(14)24-4)12-20-19(21)15-9-16(22-2)11-17(10-15)23-3/h6-11H,5,12H2,1-4H3,(H,20,21). The van der Waals surface area contributed by atoms with E-state index in [-0.39, 0.29) is 5.91 Å². The third kappa shape index (κ3) is 4.19. The summed E-state index contributed by atoms with van der Waals surface area (Å²) in [5.41, 5.74) is 2.64. The second-order valence-electron chi connectivity index (χ2n) is 5.28. The highest BCUT2D eigenvalue weighted by Gasteiger charge is 2.10. The molecular formula is C19H23NO4. The second-order valence-corrected chi connectivity index (χ2v) is 5.28. The van der Waals surface area contributed by atoms with Crippen LogP contribution in [0.15, 0.2) is 36.4 Å². The molecule has 5 heteroatoms. The van der Waals surface area contributed by atoms with Crippen LogP contribution in [0.1, 0.15) is 28.4 Å². The minimum atomic E-state index is -0.180. The summed E-state index contributed by atoms with van der Waals surface area (Å²) in [5.74, 6) is 1.85. The molecule has 24 heavy (non-hydrogen) atoms. The summed E-state index contributed by atoms with van der Waals surface area (Å²) in [5, 5.41) is 2.92. The first-order valence-corrected chi connectivity index (χ1v) is 7.78. The summed E-state index contributed by atoms with van der Waals surface area (Å²) in [4.78, 5) is 12.4. The van der Waals surface area contributed by atoms with Crippen LogP contribution in [0.5, 0.6) is 17.2 Å². The van der Waals surface area contributed by atoms with Gasteiger partial charge in [0.05, 0.1) is 21.3 Å². The van der Waals surface area contributed by atoms with Gasteiger partial charge in [-0.15, -0.1) is 0 Å². The number of methoxy groups -OCH3 is 3. The Morgan fingerprint density at radius 3 is 2.17 bits per heavy atom. The van der Waals surface area contributed by atoms with E-state index in [9.17, 15) is 4.79 Å². The number of nitrogens with one attached hydrogen (secondary N) is 1. The number of benzene rings is 2. The quantitative estimate of drug-likeness (QED) is 0.847. The predicted molar refractivity (Wildman–Crippen MR) is 93.1 cm³/mol. The normalized spacial score (nSPS) is 10.2. The van der Waals surface area contributed by atoms with Crippen LogP contribution in [0.2, 0.25) is 0 Å². The fraction of sp³-hybridized carbons (Fsp3) is 0.316. The summed E-state index contributed by atoms with van der Waals surface area (Å²) in [6.45, 7) is 2.51. The first-order valence-electron chi connectivity index (χ1n) is 7.78. The van der Waals surface area contributed by atoms with Crippen LogP contribution in [-0.4, -0.2) is 27.2 Å². The zero-order valence-electron chi connectivity index (χ0n) is 14.5. The van der Waals surface area contributed by atoms with Gasteiger partial charge in [0.15, 0.2) is 0 Å². The minimum absolute atomic E-state index is 0.180. The van der Waals surface area contributed by atoms with Crippen LogP contribution in [0.25, 0.3) is 0 Å². The Morgan fingerprint density at radius 2 is 1.62 bits per heavy atom. The molecule has 0 atom stereocenters. The van der Waals surface area contributed by atoms with Gasteiger partial charge >= 0.3 is 0 Å². The van der Waals surface area contributed by atoms with Crippen molar-refractivity contribution in [2.75, 3.05) is 21.3 Å². The van der Waals surface area contributed by atoms with Crippen LogP contribution in [-0.2, 0) is 13.0 Å². The molecule has 0 fully saturated rings. The van der Waals surface area contributed by atoms with Gasteiger partial charge in [-0.1, -0.05) is 19.1 Å². The third-order valence-electron chi connectivity index (χ3n) is 3.79. The van der Waals surface area contributed by atoms with Crippen molar-refractivity contribution in [3.8, 4) is 17.2 Å². The molecule has 0 heterocycles. The molecule has 0 saturated carbocycles. The Labute approximate surface area is 142 Å². The molecule has 2 aromatic carbocycles. The van der Waals surface area contributed by atoms with Crippen molar-refractivity contribution in [2.45, 2.75) is 19.9 Å². The van der Waals surface area contributed by atoms with Crippen LogP contribution >= 0.6 is 0 Å². The van der Waals surface area contributed by atoms with Gasteiger partial charge in [0.2, 0.25) is 0 Å². The molecular weight excluding hydrogens is 306 g/mol. The topological polar surface area (TPSA) is 56.8 Å². The predicted octanol–water partition coefficient (Wildman–Crippen LogP) is 3.20. The third-order valence-corrected chi connectivity index (χ3v) is 3.79. The average molecular weight is 329 g/mol. The van der Waals surface area contributed by atoms with Crippen molar-refractivity contribution < 1.29 is 19.0 Å². The number of aryl methyl sites for hydroxylation is 1. The zero-order valence-corrected chi connectivity index (χ0v) is 14.5. The van der Waals surface area contributed by atoms with E-state index in [0.29, 0.717) is 23.6 Å². The summed E-state index contributed by atoms with van der Waals surface area (Å²) in [6.07, 6.45) is 0.873. The molecule has 1 amide bonds. The minimum Gasteiger partial charge on any atom is -0.497 e. The van der Waals surface area contributed by atoms with E-state index in [1.165, 1.54) is 0 Å². The maximum Gasteiger partial charge on any atom is 0.251 e. The second kappa shape index (κ2) is 8.24. The molecule has 2 rings (SSSR count). The average Bonchev–Trinajstić information content (AvgIpc) is 2.65. The van der Waals surface area contributed by atoms with Crippen molar-refractivity contribution in [2.24, 2.45) is 0 Å². The molecule has 0 unspecified atom stereocenters. The smallest absolute Gasteiger partial charge is 0.251 e. The van der Waals surface area contributed by atoms with E-state index >= 15 is 0 Å². The van der Waals surface area contributed by atoms with E-state index in [4.69, 9.17) is 14.2 Å². The van der Waals surface area contributed by atoms with Gasteiger partial charge in [0, 0.05) is 18.2 Å². The highest BCUT2D eigenvalue weighted by molar-refractivity contribution is 5.95. The molecule has 0 saturated heterocycles. The molecule has 128 valence electrons. The number of amides is 1. The molecule has 0 aliphatic rings. The van der Waals surface area contributed by atoms with Crippen molar-refractivity contribution in [1.29, 1.82) is 0 Å². The van der Waals surface area contributed by atoms with Gasteiger partial charge < -0.3 is 19.5 Å². The zero-order chi connectivity index (χ0) is 17.5. The molecule has 0 aliphatic carbocycles. The Balaban J connectivity index is 2.10. The number of hydrogen-bond acceptors (Lipinski definition) is 4. The highest BCUT2D eigenvalue weighted by atomic mass is 16.5. The number of ether oxygens (including phenoxy) is 3. The van der Waals surface area contributed by atoms with Crippen LogP contribution in [0.4, 0.5) is 0 Å². The van der Waals surface area contributed by atoms with Gasteiger partial charge in [-0.25, -0.2) is 0 Å². The fourth-order valence-electron chi connectivity index (χ4n) is 2.44. The van der Waals surface area contributed by atoms with Gasteiger partial charge in [-0.2, -0.15) is 0 Å². The number of carbonyl (C=O) groups is 1. The Morgan fingerprint density at radius 1 is 0.958 bits per heavy atom. The first kappa shape index (κ1) is 17.7. The van der Waals surface area contributed by atoms with Gasteiger partial charge in [0.25, 0.3) is 5.91 Å². The van der Waals surface area contributed by atoms with Gasteiger partial charge in [-0.05, 0) is 35.7 Å². The lowest BCUT2D eigenvalue weighted by molar-refractivity contribution is 0.0950. The number of carbonyl (C=O) groups excluding carboxylic acids is 1. The number of hydrogen-bond donors (Lipinski definition) is 1. The van der Waals surface area contributed by atoms with Crippen molar-refractivity contribution in [1.82, 2.24) is 5.32 Å². The molecule has 0 spiro atoms. The first-order chi connectivity index (χ1) is 11.6. The maximum atomic E-state index is 12.4. The van der Waals surface area contributed by atoms with Gasteiger partial charge in [-0.3, -0.25) is 4.79 Å². The lowest BCUT2D eigenvalue weighted by atomic mass is 10.1. The molecule has 1 N–H and O–H groups in total. The summed E-state index contributed by atoms with van der Waals surface area (Å²) in [6, 6.07) is 11.0. The maximum absolute atomic E-state index is 12.4. The van der Waals surface area contributed by atoms with Crippen molar-refractivity contribution in [3.05, 3.63) is 53.1 Å². The molecule has 2 aromatic rings. The van der Waals surface area contributed by atoms with E-state index in [0.717, 1.165) is 23.3 Å². The van der Waals surface area contributed by atoms with E-state index < -0.39 is 0 Å². The van der Waals surface area contributed by atoms with Gasteiger partial charge in [0.1, 0.15) is 17.2 Å². The lowest BCUT2D eigenvalue weighted by Crippen LogP contribution is -2.23. The molecule has 0 aromatic heterocycles. The fourth-order valence-corrected chi connectivity index (χ4v) is 2.44. The Bertz CT molecular complexity index is 690. The Kier molecular flexibility index (Phi) is 6.07. The lowest BCUT2D eigenvalue weighted by Gasteiger charge is -2.11. The van der Waals surface area contributed by atoms with Crippen molar-refractivity contribution in [3.63, 3.8) is 0 Å². The molecule has 0 aliphatic heterocycles. The van der Waals surface area contributed by atoms with Crippen molar-refractivity contribution >= 4 is 5.91 Å². The highest BCUT2D eigenvalue weighted by Crippen LogP contribution is 2.23. The van der Waals surface area contributed by atoms with Crippen LogP contribution in [0, 0.1) is 0 Å². The van der Waals surface area contributed by atoms with Crippen LogP contribution < -0.4 is 19.5 Å². The van der Waals surface area contributed by atoms with E-state index in [1.807, 2.05) is 18.2 Å².